The average molecular weight is 546 g/mol. The number of hydrogen-bond donors (Lipinski definition) is 4. The Balaban J connectivity index is 2.59. The molecule has 0 radical (unpaired) electrons. The summed E-state index contributed by atoms with van der Waals surface area (Å²) in [5, 5.41) is 14.0. The van der Waals surface area contributed by atoms with E-state index in [2.05, 4.69) is 26.6 Å². The van der Waals surface area contributed by atoms with Crippen molar-refractivity contribution >= 4 is 51.4 Å². The molecule has 33 heavy (non-hydrogen) atoms. The molecule has 0 fully saturated rings. The van der Waals surface area contributed by atoms with Gasteiger partial charge in [-0.1, -0.05) is 47.8 Å². The van der Waals surface area contributed by atoms with E-state index < -0.39 is 35.8 Å². The van der Waals surface area contributed by atoms with Gasteiger partial charge in [-0.3, -0.25) is 19.2 Å². The lowest BCUT2D eigenvalue weighted by molar-refractivity contribution is -0.144. The number of esters is 1. The predicted octanol–water partition coefficient (Wildman–Crippen LogP) is 2.21. The number of nitrogens with one attached hydrogen (secondary N) is 2. The summed E-state index contributed by atoms with van der Waals surface area (Å²) in [6.07, 6.45) is 2.54. The minimum absolute atomic E-state index is 0.0500. The third-order valence-corrected chi connectivity index (χ3v) is 6.17. The Morgan fingerprint density at radius 3 is 2.52 bits per heavy atom. The molecule has 0 saturated carbocycles. The molecular formula is C22H32BrN3O6S. The molecule has 0 bridgehead atoms. The monoisotopic (exact) mass is 545 g/mol. The Hall–Kier alpha value is -2.11. The van der Waals surface area contributed by atoms with E-state index in [1.54, 1.807) is 0 Å². The van der Waals surface area contributed by atoms with Gasteiger partial charge in [-0.25, -0.2) is 0 Å². The number of carboxylic acid groups (broad SMARTS) is 1. The topological polar surface area (TPSA) is 148 Å². The largest absolute Gasteiger partial charge is 0.480 e. The van der Waals surface area contributed by atoms with Gasteiger partial charge in [-0.15, -0.1) is 0 Å². The summed E-state index contributed by atoms with van der Waals surface area (Å²) in [5.74, 6) is -1.85. The number of rotatable bonds is 16. The highest BCUT2D eigenvalue weighted by Crippen LogP contribution is 2.16. The Morgan fingerprint density at radius 1 is 1.18 bits per heavy atom. The standard InChI is InChI=1S/C22H32BrN3O6S/c1-2-3-4-11-32-20(28)12-25-21(29)18(26-19(27)10-9-17(24)22(30)31)14-33-13-15-5-7-16(23)8-6-15/h5-8,17-18H,2-4,9-14,24H2,1H3,(H,25,29)(H,26,27)(H,30,31). The summed E-state index contributed by atoms with van der Waals surface area (Å²) in [5.41, 5.74) is 6.49. The van der Waals surface area contributed by atoms with Crippen LogP contribution in [0.1, 0.15) is 44.6 Å². The summed E-state index contributed by atoms with van der Waals surface area (Å²) in [6.45, 7) is 2.05. The number of halogens is 1. The fraction of sp³-hybridized carbons (Fsp3) is 0.545. The van der Waals surface area contributed by atoms with E-state index in [1.807, 2.05) is 31.2 Å². The van der Waals surface area contributed by atoms with Gasteiger partial charge in [0.25, 0.3) is 0 Å². The number of amides is 2. The summed E-state index contributed by atoms with van der Waals surface area (Å²) in [6, 6.07) is 5.68. The minimum Gasteiger partial charge on any atom is -0.480 e. The SMILES string of the molecule is CCCCCOC(=O)CNC(=O)C(CSCc1ccc(Br)cc1)NC(=O)CCC(N)C(=O)O. The van der Waals surface area contributed by atoms with Crippen molar-refractivity contribution in [1.82, 2.24) is 10.6 Å². The first-order valence-electron chi connectivity index (χ1n) is 10.8. The molecule has 0 heterocycles. The zero-order valence-corrected chi connectivity index (χ0v) is 21.1. The fourth-order valence-electron chi connectivity index (χ4n) is 2.61. The lowest BCUT2D eigenvalue weighted by atomic mass is 10.1. The van der Waals surface area contributed by atoms with Crippen LogP contribution in [0.25, 0.3) is 0 Å². The van der Waals surface area contributed by atoms with Crippen molar-refractivity contribution in [3.8, 4) is 0 Å². The molecule has 0 saturated heterocycles. The lowest BCUT2D eigenvalue weighted by Gasteiger charge is -2.18. The number of hydrogen-bond acceptors (Lipinski definition) is 7. The number of nitrogens with two attached hydrogens (primary N) is 1. The number of unbranched alkanes of at least 4 members (excludes halogenated alkanes) is 2. The first kappa shape index (κ1) is 28.9. The first-order valence-corrected chi connectivity index (χ1v) is 12.7. The van der Waals surface area contributed by atoms with E-state index in [-0.39, 0.29) is 25.1 Å². The third-order valence-electron chi connectivity index (χ3n) is 4.54. The minimum atomic E-state index is -1.19. The Labute approximate surface area is 206 Å². The Morgan fingerprint density at radius 2 is 1.88 bits per heavy atom. The number of benzene rings is 1. The quantitative estimate of drug-likeness (QED) is 0.182. The van der Waals surface area contributed by atoms with E-state index in [0.29, 0.717) is 12.4 Å². The van der Waals surface area contributed by atoms with Crippen molar-refractivity contribution < 1.29 is 29.0 Å². The lowest BCUT2D eigenvalue weighted by Crippen LogP contribution is -2.49. The van der Waals surface area contributed by atoms with Crippen molar-refractivity contribution in [2.45, 2.75) is 56.9 Å². The second-order valence-electron chi connectivity index (χ2n) is 7.39. The summed E-state index contributed by atoms with van der Waals surface area (Å²) in [7, 11) is 0. The van der Waals surface area contributed by atoms with Crippen LogP contribution in [0.15, 0.2) is 28.7 Å². The molecule has 1 aromatic rings. The van der Waals surface area contributed by atoms with E-state index in [1.165, 1.54) is 11.8 Å². The maximum Gasteiger partial charge on any atom is 0.325 e. The molecule has 0 aromatic heterocycles. The molecule has 1 aromatic carbocycles. The number of ether oxygens (including phenoxy) is 1. The van der Waals surface area contributed by atoms with Crippen LogP contribution in [0.4, 0.5) is 0 Å². The highest BCUT2D eigenvalue weighted by Gasteiger charge is 2.22. The maximum absolute atomic E-state index is 12.6. The molecule has 0 aliphatic heterocycles. The summed E-state index contributed by atoms with van der Waals surface area (Å²) in [4.78, 5) is 47.5. The van der Waals surface area contributed by atoms with Crippen molar-refractivity contribution in [1.29, 1.82) is 0 Å². The van der Waals surface area contributed by atoms with Crippen molar-refractivity contribution in [3.63, 3.8) is 0 Å². The molecule has 0 aliphatic carbocycles. The molecule has 0 spiro atoms. The van der Waals surface area contributed by atoms with Gasteiger partial charge in [0.1, 0.15) is 18.6 Å². The van der Waals surface area contributed by atoms with E-state index >= 15 is 0 Å². The van der Waals surface area contributed by atoms with Gasteiger partial charge in [0.2, 0.25) is 11.8 Å². The second-order valence-corrected chi connectivity index (χ2v) is 9.34. The molecular weight excluding hydrogens is 514 g/mol. The second kappa shape index (κ2) is 16.5. The van der Waals surface area contributed by atoms with Gasteiger partial charge in [0.15, 0.2) is 0 Å². The first-order chi connectivity index (χ1) is 15.7. The van der Waals surface area contributed by atoms with Crippen LogP contribution in [0.3, 0.4) is 0 Å². The normalized spacial score (nSPS) is 12.5. The Bertz CT molecular complexity index is 778. The van der Waals surface area contributed by atoms with Crippen LogP contribution in [0.2, 0.25) is 0 Å². The highest BCUT2D eigenvalue weighted by molar-refractivity contribution is 9.10. The molecule has 5 N–H and O–H groups in total. The summed E-state index contributed by atoms with van der Waals surface area (Å²) < 4.78 is 6.03. The number of carboxylic acids is 1. The van der Waals surface area contributed by atoms with Gasteiger partial charge < -0.3 is 26.2 Å². The Kier molecular flexibility index (Phi) is 14.5. The summed E-state index contributed by atoms with van der Waals surface area (Å²) >= 11 is 4.83. The highest BCUT2D eigenvalue weighted by atomic mass is 79.9. The molecule has 11 heteroatoms. The average Bonchev–Trinajstić information content (AvgIpc) is 2.79. The van der Waals surface area contributed by atoms with E-state index in [4.69, 9.17) is 15.6 Å². The predicted molar refractivity (Wildman–Crippen MR) is 131 cm³/mol. The van der Waals surface area contributed by atoms with Crippen LogP contribution in [-0.4, -0.2) is 59.8 Å². The molecule has 184 valence electrons. The number of carbonyl (C=O) groups is 4. The molecule has 9 nitrogen and oxygen atoms in total. The van der Waals surface area contributed by atoms with E-state index in [0.717, 1.165) is 29.3 Å². The number of carbonyl (C=O) groups excluding carboxylic acids is 3. The number of aliphatic carboxylic acids is 1. The van der Waals surface area contributed by atoms with Crippen molar-refractivity contribution in [2.75, 3.05) is 18.9 Å². The maximum atomic E-state index is 12.6. The van der Waals surface area contributed by atoms with E-state index in [9.17, 15) is 19.2 Å². The van der Waals surface area contributed by atoms with Crippen molar-refractivity contribution in [3.05, 3.63) is 34.3 Å². The fourth-order valence-corrected chi connectivity index (χ4v) is 3.89. The van der Waals surface area contributed by atoms with Gasteiger partial charge in [0, 0.05) is 22.4 Å². The third kappa shape index (κ3) is 13.2. The number of thioether (sulfide) groups is 1. The molecule has 0 aliphatic rings. The molecule has 2 amide bonds. The molecule has 2 unspecified atom stereocenters. The van der Waals surface area contributed by atoms with Gasteiger partial charge >= 0.3 is 11.9 Å². The van der Waals surface area contributed by atoms with Crippen molar-refractivity contribution in [2.24, 2.45) is 5.73 Å². The van der Waals surface area contributed by atoms with Gasteiger partial charge in [0.05, 0.1) is 6.61 Å². The zero-order chi connectivity index (χ0) is 24.6. The van der Waals surface area contributed by atoms with Gasteiger partial charge in [-0.2, -0.15) is 11.8 Å². The van der Waals surface area contributed by atoms with Crippen LogP contribution in [0.5, 0.6) is 0 Å². The van der Waals surface area contributed by atoms with Gasteiger partial charge in [-0.05, 0) is 30.5 Å². The van der Waals surface area contributed by atoms with Crippen LogP contribution >= 0.6 is 27.7 Å². The van der Waals surface area contributed by atoms with Crippen LogP contribution in [-0.2, 0) is 29.7 Å². The smallest absolute Gasteiger partial charge is 0.325 e. The zero-order valence-electron chi connectivity index (χ0n) is 18.7. The van der Waals surface area contributed by atoms with Crippen LogP contribution in [0, 0.1) is 0 Å². The van der Waals surface area contributed by atoms with Crippen LogP contribution < -0.4 is 16.4 Å². The molecule has 1 rings (SSSR count). The molecule has 2 atom stereocenters.